The van der Waals surface area contributed by atoms with Gasteiger partial charge in [0.05, 0.1) is 6.10 Å². The molecule has 4 nitrogen and oxygen atoms in total. The van der Waals surface area contributed by atoms with Gasteiger partial charge >= 0.3 is 0 Å². The van der Waals surface area contributed by atoms with Gasteiger partial charge in [0.2, 0.25) is 5.91 Å². The Morgan fingerprint density at radius 2 is 2.10 bits per heavy atom. The van der Waals surface area contributed by atoms with E-state index in [-0.39, 0.29) is 11.8 Å². The van der Waals surface area contributed by atoms with E-state index in [0.29, 0.717) is 19.3 Å². The Morgan fingerprint density at radius 1 is 1.25 bits per heavy atom. The molecule has 1 saturated heterocycles. The van der Waals surface area contributed by atoms with E-state index in [1.807, 2.05) is 18.2 Å². The zero-order valence-corrected chi connectivity index (χ0v) is 11.6. The fourth-order valence-corrected chi connectivity index (χ4v) is 2.95. The predicted molar refractivity (Wildman–Crippen MR) is 75.6 cm³/mol. The third kappa shape index (κ3) is 3.31. The van der Waals surface area contributed by atoms with Crippen molar-refractivity contribution < 1.29 is 14.3 Å². The van der Waals surface area contributed by atoms with Crippen LogP contribution in [0.3, 0.4) is 0 Å². The molecule has 1 aliphatic carbocycles. The fourth-order valence-electron chi connectivity index (χ4n) is 2.95. The summed E-state index contributed by atoms with van der Waals surface area (Å²) in [6.45, 7) is 1.04. The molecule has 1 aromatic rings. The molecule has 1 aromatic carbocycles. The Balaban J connectivity index is 1.52. The number of rotatable bonds is 5. The minimum Gasteiger partial charge on any atom is -0.468 e. The molecular formula is C16H21NO3. The lowest BCUT2D eigenvalue weighted by Gasteiger charge is -2.14. The molecule has 2 aliphatic rings. The molecule has 2 fully saturated rings. The highest BCUT2D eigenvalue weighted by atomic mass is 16.7. The molecule has 1 heterocycles. The van der Waals surface area contributed by atoms with Crippen molar-refractivity contribution in [3.05, 3.63) is 29.8 Å². The van der Waals surface area contributed by atoms with Gasteiger partial charge in [0, 0.05) is 18.9 Å². The molecule has 0 spiro atoms. The van der Waals surface area contributed by atoms with E-state index in [4.69, 9.17) is 9.47 Å². The van der Waals surface area contributed by atoms with Crippen molar-refractivity contribution in [1.29, 1.82) is 0 Å². The normalized spacial score (nSPS) is 23.0. The van der Waals surface area contributed by atoms with Gasteiger partial charge in [0.1, 0.15) is 5.75 Å². The Hall–Kier alpha value is -1.55. The second-order valence-electron chi connectivity index (χ2n) is 5.61. The van der Waals surface area contributed by atoms with Crippen LogP contribution < -0.4 is 10.1 Å². The number of hydrogen-bond acceptors (Lipinski definition) is 3. The number of ether oxygens (including phenoxy) is 2. The molecule has 20 heavy (non-hydrogen) atoms. The van der Waals surface area contributed by atoms with Gasteiger partial charge < -0.3 is 14.8 Å². The van der Waals surface area contributed by atoms with Crippen LogP contribution in [0.5, 0.6) is 5.75 Å². The van der Waals surface area contributed by atoms with Crippen molar-refractivity contribution in [1.82, 2.24) is 5.32 Å². The lowest BCUT2D eigenvalue weighted by Crippen LogP contribution is -2.13. The SMILES string of the molecule is O=C1CC(c2cccc(OCOC3CCCC3)c2)CN1. The standard InChI is InChI=1S/C16H21NO3/c18-16-9-13(10-17-16)12-4-3-7-15(8-12)20-11-19-14-5-1-2-6-14/h3-4,7-8,13-14H,1-2,5-6,9-11H2,(H,17,18). The van der Waals surface area contributed by atoms with Crippen LogP contribution in [0.25, 0.3) is 0 Å². The largest absolute Gasteiger partial charge is 0.468 e. The molecule has 1 saturated carbocycles. The Kier molecular flexibility index (Phi) is 4.21. The average molecular weight is 275 g/mol. The van der Waals surface area contributed by atoms with E-state index in [9.17, 15) is 4.79 Å². The maximum atomic E-state index is 11.3. The van der Waals surface area contributed by atoms with Crippen LogP contribution in [0.1, 0.15) is 43.6 Å². The minimum absolute atomic E-state index is 0.130. The van der Waals surface area contributed by atoms with E-state index >= 15 is 0 Å². The van der Waals surface area contributed by atoms with Crippen LogP contribution in [0.2, 0.25) is 0 Å². The third-order valence-corrected chi connectivity index (χ3v) is 4.14. The maximum absolute atomic E-state index is 11.3. The summed E-state index contributed by atoms with van der Waals surface area (Å²) in [6, 6.07) is 7.98. The molecule has 4 heteroatoms. The molecule has 1 N–H and O–H groups in total. The summed E-state index contributed by atoms with van der Waals surface area (Å²) < 4.78 is 11.4. The Bertz CT molecular complexity index is 469. The number of carbonyl (C=O) groups excluding carboxylic acids is 1. The highest BCUT2D eigenvalue weighted by Crippen LogP contribution is 2.26. The molecule has 0 bridgehead atoms. The fraction of sp³-hybridized carbons (Fsp3) is 0.562. The van der Waals surface area contributed by atoms with Gasteiger partial charge in [-0.05, 0) is 30.5 Å². The Labute approximate surface area is 119 Å². The molecule has 0 aromatic heterocycles. The molecule has 108 valence electrons. The highest BCUT2D eigenvalue weighted by molar-refractivity contribution is 5.79. The van der Waals surface area contributed by atoms with Gasteiger partial charge in [-0.2, -0.15) is 0 Å². The first-order valence-corrected chi connectivity index (χ1v) is 7.42. The van der Waals surface area contributed by atoms with E-state index < -0.39 is 0 Å². The van der Waals surface area contributed by atoms with E-state index in [1.165, 1.54) is 12.8 Å². The van der Waals surface area contributed by atoms with E-state index in [2.05, 4.69) is 11.4 Å². The van der Waals surface area contributed by atoms with Crippen LogP contribution in [-0.2, 0) is 9.53 Å². The predicted octanol–water partition coefficient (Wildman–Crippen LogP) is 2.59. The van der Waals surface area contributed by atoms with E-state index in [1.54, 1.807) is 0 Å². The third-order valence-electron chi connectivity index (χ3n) is 4.14. The summed E-state index contributed by atoms with van der Waals surface area (Å²) in [4.78, 5) is 11.3. The zero-order chi connectivity index (χ0) is 13.8. The second-order valence-corrected chi connectivity index (χ2v) is 5.61. The molecule has 1 aliphatic heterocycles. The van der Waals surface area contributed by atoms with Gasteiger partial charge in [-0.25, -0.2) is 0 Å². The number of amides is 1. The summed E-state index contributed by atoms with van der Waals surface area (Å²) in [7, 11) is 0. The number of hydrogen-bond donors (Lipinski definition) is 1. The van der Waals surface area contributed by atoms with Crippen LogP contribution in [0.15, 0.2) is 24.3 Å². The first-order valence-electron chi connectivity index (χ1n) is 7.42. The summed E-state index contributed by atoms with van der Waals surface area (Å²) in [6.07, 6.45) is 5.78. The lowest BCUT2D eigenvalue weighted by atomic mass is 9.98. The van der Waals surface area contributed by atoms with Gasteiger partial charge in [0.25, 0.3) is 0 Å². The van der Waals surface area contributed by atoms with Crippen molar-refractivity contribution in [3.63, 3.8) is 0 Å². The van der Waals surface area contributed by atoms with Crippen LogP contribution in [0.4, 0.5) is 0 Å². The highest BCUT2D eigenvalue weighted by Gasteiger charge is 2.23. The maximum Gasteiger partial charge on any atom is 0.220 e. The van der Waals surface area contributed by atoms with Crippen molar-refractivity contribution in [3.8, 4) is 5.75 Å². The number of benzene rings is 1. The second kappa shape index (κ2) is 6.27. The molecule has 1 unspecified atom stereocenters. The van der Waals surface area contributed by atoms with Crippen LogP contribution >= 0.6 is 0 Å². The summed E-state index contributed by atoms with van der Waals surface area (Å²) >= 11 is 0. The molecule has 1 amide bonds. The first kappa shape index (κ1) is 13.4. The summed E-state index contributed by atoms with van der Waals surface area (Å²) in [5.41, 5.74) is 1.15. The minimum atomic E-state index is 0.130. The monoisotopic (exact) mass is 275 g/mol. The number of nitrogens with one attached hydrogen (secondary N) is 1. The topological polar surface area (TPSA) is 47.6 Å². The van der Waals surface area contributed by atoms with Crippen molar-refractivity contribution in [2.45, 2.75) is 44.1 Å². The van der Waals surface area contributed by atoms with Gasteiger partial charge in [-0.15, -0.1) is 0 Å². The van der Waals surface area contributed by atoms with Gasteiger partial charge in [-0.3, -0.25) is 4.79 Å². The molecular weight excluding hydrogens is 254 g/mol. The van der Waals surface area contributed by atoms with Crippen LogP contribution in [0, 0.1) is 0 Å². The summed E-state index contributed by atoms with van der Waals surface area (Å²) in [5.74, 6) is 1.22. The average Bonchev–Trinajstić information content (AvgIpc) is 3.11. The molecule has 0 radical (unpaired) electrons. The molecule has 1 atom stereocenters. The van der Waals surface area contributed by atoms with Gasteiger partial charge in [-0.1, -0.05) is 25.0 Å². The number of carbonyl (C=O) groups is 1. The smallest absolute Gasteiger partial charge is 0.220 e. The van der Waals surface area contributed by atoms with Crippen LogP contribution in [-0.4, -0.2) is 25.3 Å². The zero-order valence-electron chi connectivity index (χ0n) is 11.6. The molecule has 3 rings (SSSR count). The quantitative estimate of drug-likeness (QED) is 0.840. The van der Waals surface area contributed by atoms with Gasteiger partial charge in [0.15, 0.2) is 6.79 Å². The van der Waals surface area contributed by atoms with Crippen molar-refractivity contribution in [2.24, 2.45) is 0 Å². The van der Waals surface area contributed by atoms with Crippen molar-refractivity contribution in [2.75, 3.05) is 13.3 Å². The van der Waals surface area contributed by atoms with Crippen molar-refractivity contribution >= 4 is 5.91 Å². The Morgan fingerprint density at radius 3 is 2.85 bits per heavy atom. The van der Waals surface area contributed by atoms with E-state index in [0.717, 1.165) is 30.7 Å². The first-order chi connectivity index (χ1) is 9.81. The summed E-state index contributed by atoms with van der Waals surface area (Å²) in [5, 5.41) is 2.86. The lowest BCUT2D eigenvalue weighted by molar-refractivity contribution is -0.119.